The number of carbonyl (C=O) groups excluding carboxylic acids is 1. The summed E-state index contributed by atoms with van der Waals surface area (Å²) in [6.45, 7) is 1.07. The molecule has 0 bridgehead atoms. The summed E-state index contributed by atoms with van der Waals surface area (Å²) in [6, 6.07) is 5.20. The third-order valence-electron chi connectivity index (χ3n) is 4.80. The van der Waals surface area contributed by atoms with Crippen LogP contribution in [0.4, 0.5) is 10.1 Å². The van der Waals surface area contributed by atoms with Gasteiger partial charge in [-0.3, -0.25) is 18.7 Å². The molecule has 2 N–H and O–H groups in total. The minimum absolute atomic E-state index is 0.0127. The second-order valence-electron chi connectivity index (χ2n) is 7.03. The molecule has 9 nitrogen and oxygen atoms in total. The Kier molecular flexibility index (Phi) is 7.29. The van der Waals surface area contributed by atoms with Gasteiger partial charge in [-0.25, -0.2) is 14.2 Å². The molecule has 0 spiro atoms. The van der Waals surface area contributed by atoms with Crippen molar-refractivity contribution in [2.45, 2.75) is 18.9 Å². The number of rotatable bonds is 6. The average molecular weight is 450 g/mol. The predicted molar refractivity (Wildman–Crippen MR) is 116 cm³/mol. The lowest BCUT2D eigenvalue weighted by Gasteiger charge is -2.13. The fourth-order valence-corrected chi connectivity index (χ4v) is 3.89. The smallest absolute Gasteiger partial charge is 0.333 e. The molecule has 1 aliphatic rings. The van der Waals surface area contributed by atoms with Gasteiger partial charge in [0, 0.05) is 27.2 Å². The highest BCUT2D eigenvalue weighted by atomic mass is 32.2. The number of aromatic hydroxyl groups is 1. The van der Waals surface area contributed by atoms with E-state index in [0.29, 0.717) is 18.8 Å². The van der Waals surface area contributed by atoms with Gasteiger partial charge in [0.1, 0.15) is 16.4 Å². The Morgan fingerprint density at radius 1 is 1.29 bits per heavy atom. The Labute approximate surface area is 181 Å². The van der Waals surface area contributed by atoms with Gasteiger partial charge in [0.15, 0.2) is 0 Å². The summed E-state index contributed by atoms with van der Waals surface area (Å²) in [7, 11) is 2.59. The Hall–Kier alpha value is -2.92. The Morgan fingerprint density at radius 2 is 2.00 bits per heavy atom. The fraction of sp³-hybridized carbons (Fsp3) is 0.400. The summed E-state index contributed by atoms with van der Waals surface area (Å²) < 4.78 is 20.5. The van der Waals surface area contributed by atoms with Gasteiger partial charge in [-0.2, -0.15) is 0 Å². The van der Waals surface area contributed by atoms with E-state index in [1.54, 1.807) is 0 Å². The molecule has 1 saturated heterocycles. The number of thioether (sulfide) groups is 1. The van der Waals surface area contributed by atoms with E-state index in [0.717, 1.165) is 33.7 Å². The molecule has 1 aromatic heterocycles. The van der Waals surface area contributed by atoms with Gasteiger partial charge in [-0.15, -0.1) is 0 Å². The maximum Gasteiger partial charge on any atom is 0.333 e. The van der Waals surface area contributed by atoms with Crippen molar-refractivity contribution in [1.29, 1.82) is 0 Å². The number of aliphatic imine (C=N–C) groups is 1. The number of halogens is 1. The van der Waals surface area contributed by atoms with E-state index in [1.807, 2.05) is 0 Å². The number of nitrogens with zero attached hydrogens (tertiary/aromatic N) is 3. The second-order valence-corrected chi connectivity index (χ2v) is 7.99. The number of hydrogen-bond donors (Lipinski definition) is 2. The van der Waals surface area contributed by atoms with Crippen LogP contribution in [0.5, 0.6) is 5.88 Å². The van der Waals surface area contributed by atoms with Crippen molar-refractivity contribution in [1.82, 2.24) is 14.5 Å². The summed E-state index contributed by atoms with van der Waals surface area (Å²) in [6.07, 6.45) is 1.83. The highest BCUT2D eigenvalue weighted by molar-refractivity contribution is 8.15. The maximum atomic E-state index is 13.2. The molecule has 2 aromatic rings. The first-order valence-corrected chi connectivity index (χ1v) is 10.6. The minimum Gasteiger partial charge on any atom is -0.494 e. The van der Waals surface area contributed by atoms with Crippen LogP contribution in [0.2, 0.25) is 0 Å². The summed E-state index contributed by atoms with van der Waals surface area (Å²) in [5, 5.41) is 13.3. The van der Waals surface area contributed by atoms with E-state index in [1.165, 1.54) is 38.4 Å². The molecule has 3 rings (SSSR count). The van der Waals surface area contributed by atoms with E-state index in [4.69, 9.17) is 4.74 Å². The van der Waals surface area contributed by atoms with Crippen LogP contribution in [0.3, 0.4) is 0 Å². The molecule has 0 saturated carbocycles. The van der Waals surface area contributed by atoms with Crippen LogP contribution in [0.15, 0.2) is 38.8 Å². The van der Waals surface area contributed by atoms with Crippen LogP contribution >= 0.6 is 11.8 Å². The molecular weight excluding hydrogens is 427 g/mol. The Bertz CT molecular complexity index is 1100. The Morgan fingerprint density at radius 3 is 2.65 bits per heavy atom. The quantitative estimate of drug-likeness (QED) is 0.502. The number of hydrogen-bond acceptors (Lipinski definition) is 7. The molecule has 0 aliphatic carbocycles. The van der Waals surface area contributed by atoms with Crippen molar-refractivity contribution in [3.63, 3.8) is 0 Å². The van der Waals surface area contributed by atoms with E-state index < -0.39 is 22.9 Å². The second kappa shape index (κ2) is 9.92. The molecule has 0 unspecified atom stereocenters. The third kappa shape index (κ3) is 5.42. The molecule has 11 heteroatoms. The van der Waals surface area contributed by atoms with Gasteiger partial charge in [-0.05, 0) is 37.1 Å². The molecule has 1 fully saturated rings. The zero-order chi connectivity index (χ0) is 22.5. The maximum absolute atomic E-state index is 13.2. The molecule has 31 heavy (non-hydrogen) atoms. The number of benzene rings is 1. The summed E-state index contributed by atoms with van der Waals surface area (Å²) >= 11 is 0.931. The van der Waals surface area contributed by atoms with Crippen LogP contribution in [-0.2, 0) is 23.6 Å². The number of carbonyl (C=O) groups is 1. The van der Waals surface area contributed by atoms with Crippen LogP contribution in [0.1, 0.15) is 18.4 Å². The number of ether oxygens (including phenoxy) is 1. The normalized spacial score (nSPS) is 16.5. The SMILES string of the molecule is Cn1c(O)c(C(=Nc2ccc(F)cc2)SCC(=O)NC[C@H]2CCCO2)c(=O)n(C)c1=O. The van der Waals surface area contributed by atoms with Gasteiger partial charge in [0.05, 0.1) is 17.5 Å². The summed E-state index contributed by atoms with van der Waals surface area (Å²) in [5.41, 5.74) is -1.36. The van der Waals surface area contributed by atoms with Crippen LogP contribution in [0, 0.1) is 5.82 Å². The monoisotopic (exact) mass is 450 g/mol. The molecule has 1 amide bonds. The van der Waals surface area contributed by atoms with E-state index >= 15 is 0 Å². The van der Waals surface area contributed by atoms with Gasteiger partial charge in [-0.1, -0.05) is 11.8 Å². The van der Waals surface area contributed by atoms with E-state index in [2.05, 4.69) is 10.3 Å². The van der Waals surface area contributed by atoms with Gasteiger partial charge >= 0.3 is 5.69 Å². The predicted octanol–water partition coefficient (Wildman–Crippen LogP) is 1.04. The average Bonchev–Trinajstić information content (AvgIpc) is 3.28. The molecule has 1 aromatic carbocycles. The molecule has 1 atom stereocenters. The molecule has 2 heterocycles. The van der Waals surface area contributed by atoms with Crippen molar-refractivity contribution in [3.05, 3.63) is 56.5 Å². The summed E-state index contributed by atoms with van der Waals surface area (Å²) in [5.74, 6) is -1.41. The van der Waals surface area contributed by atoms with Crippen molar-refractivity contribution < 1.29 is 19.0 Å². The first-order valence-electron chi connectivity index (χ1n) is 9.62. The van der Waals surface area contributed by atoms with Crippen LogP contribution < -0.4 is 16.6 Å². The number of amides is 1. The van der Waals surface area contributed by atoms with Crippen molar-refractivity contribution in [3.8, 4) is 5.88 Å². The zero-order valence-corrected chi connectivity index (χ0v) is 17.9. The standard InChI is InChI=1S/C20H23FN4O5S/c1-24-18(27)16(19(28)25(2)20(24)29)17(23-13-7-5-12(21)6-8-13)31-11-15(26)22-10-14-4-3-9-30-14/h5-8,14,27H,3-4,9-11H2,1-2H3,(H,22,26)/t14-/m1/s1. The highest BCUT2D eigenvalue weighted by Gasteiger charge is 2.22. The summed E-state index contributed by atoms with van der Waals surface area (Å²) in [4.78, 5) is 41.4. The number of nitrogens with one attached hydrogen (secondary N) is 1. The largest absolute Gasteiger partial charge is 0.494 e. The Balaban J connectivity index is 1.89. The number of aromatic nitrogens is 2. The lowest BCUT2D eigenvalue weighted by atomic mass is 10.2. The molecular formula is C20H23FN4O5S. The van der Waals surface area contributed by atoms with Crippen LogP contribution in [0.25, 0.3) is 0 Å². The van der Waals surface area contributed by atoms with Gasteiger partial charge in [0.2, 0.25) is 11.8 Å². The van der Waals surface area contributed by atoms with Crippen molar-refractivity contribution in [2.24, 2.45) is 19.1 Å². The van der Waals surface area contributed by atoms with E-state index in [9.17, 15) is 23.9 Å². The topological polar surface area (TPSA) is 115 Å². The van der Waals surface area contributed by atoms with Gasteiger partial charge < -0.3 is 15.2 Å². The molecule has 1 aliphatic heterocycles. The lowest BCUT2D eigenvalue weighted by molar-refractivity contribution is -0.119. The third-order valence-corrected chi connectivity index (χ3v) is 5.77. The van der Waals surface area contributed by atoms with Crippen molar-refractivity contribution in [2.75, 3.05) is 18.9 Å². The first kappa shape index (κ1) is 22.8. The minimum atomic E-state index is -0.756. The first-order chi connectivity index (χ1) is 14.8. The van der Waals surface area contributed by atoms with E-state index in [-0.39, 0.29) is 28.4 Å². The van der Waals surface area contributed by atoms with Crippen molar-refractivity contribution >= 4 is 28.4 Å². The molecule has 166 valence electrons. The van der Waals surface area contributed by atoms with Gasteiger partial charge in [0.25, 0.3) is 5.56 Å². The molecule has 0 radical (unpaired) electrons. The fourth-order valence-electron chi connectivity index (χ4n) is 3.03. The lowest BCUT2D eigenvalue weighted by Crippen LogP contribution is -2.40. The zero-order valence-electron chi connectivity index (χ0n) is 17.1. The van der Waals surface area contributed by atoms with Crippen LogP contribution in [-0.4, -0.2) is 50.2 Å². The highest BCUT2D eigenvalue weighted by Crippen LogP contribution is 2.23.